The second-order valence-corrected chi connectivity index (χ2v) is 6.39. The van der Waals surface area contributed by atoms with Gasteiger partial charge in [-0.25, -0.2) is 0 Å². The Bertz CT molecular complexity index is 578. The van der Waals surface area contributed by atoms with Crippen molar-refractivity contribution in [3.8, 4) is 12.0 Å². The summed E-state index contributed by atoms with van der Waals surface area (Å²) in [7, 11) is 0. The van der Waals surface area contributed by atoms with Gasteiger partial charge in [0.05, 0.1) is 11.5 Å². The minimum atomic E-state index is -0.233. The van der Waals surface area contributed by atoms with E-state index in [-0.39, 0.29) is 22.8 Å². The first-order valence-corrected chi connectivity index (χ1v) is 6.87. The zero-order valence-corrected chi connectivity index (χ0v) is 11.7. The second-order valence-electron chi connectivity index (χ2n) is 6.39. The average Bonchev–Trinajstić information content (AvgIpc) is 2.70. The summed E-state index contributed by atoms with van der Waals surface area (Å²) in [6, 6.07) is 13.2. The molecular formula is C17H19NO. The van der Waals surface area contributed by atoms with Gasteiger partial charge in [0.15, 0.2) is 0 Å². The lowest BCUT2D eigenvalue weighted by Gasteiger charge is -2.29. The van der Waals surface area contributed by atoms with Crippen molar-refractivity contribution in [2.45, 2.75) is 39.7 Å². The van der Waals surface area contributed by atoms with Crippen LogP contribution in [-0.4, -0.2) is 16.8 Å². The van der Waals surface area contributed by atoms with E-state index in [9.17, 15) is 4.79 Å². The van der Waals surface area contributed by atoms with E-state index in [1.54, 1.807) is 4.90 Å². The number of likely N-dealkylation sites (tertiary alicyclic amines) is 1. The number of nitrogens with zero attached hydrogens (tertiary/aromatic N) is 1. The number of carbonyl (C=O) groups excluding carboxylic acids is 1. The monoisotopic (exact) mass is 253 g/mol. The molecule has 0 radical (unpaired) electrons. The summed E-state index contributed by atoms with van der Waals surface area (Å²) in [6.07, 6.45) is 2.06. The number of amides is 1. The third-order valence-corrected chi connectivity index (χ3v) is 5.27. The topological polar surface area (TPSA) is 20.3 Å². The third kappa shape index (κ3) is 1.54. The zero-order valence-electron chi connectivity index (χ0n) is 11.7. The van der Waals surface area contributed by atoms with Crippen molar-refractivity contribution < 1.29 is 4.79 Å². The number of piperidine rings is 1. The number of hydrogen-bond acceptors (Lipinski definition) is 1. The van der Waals surface area contributed by atoms with Crippen molar-refractivity contribution in [1.82, 2.24) is 4.90 Å². The normalized spacial score (nSPS) is 31.2. The van der Waals surface area contributed by atoms with Gasteiger partial charge in [-0.3, -0.25) is 9.69 Å². The maximum Gasteiger partial charge on any atom is 0.240 e. The van der Waals surface area contributed by atoms with Crippen LogP contribution in [0.25, 0.3) is 0 Å². The summed E-state index contributed by atoms with van der Waals surface area (Å²) in [4.78, 5) is 14.3. The van der Waals surface area contributed by atoms with E-state index in [1.807, 2.05) is 30.3 Å². The van der Waals surface area contributed by atoms with Crippen LogP contribution in [0, 0.1) is 22.8 Å². The number of benzene rings is 1. The number of carbonyl (C=O) groups is 1. The lowest BCUT2D eigenvalue weighted by molar-refractivity contribution is -0.136. The SMILES string of the molecule is CC12CCC(N(C#Cc3ccccc3)C1=O)C2(C)C. The molecule has 1 aromatic carbocycles. The van der Waals surface area contributed by atoms with Crippen molar-refractivity contribution in [3.05, 3.63) is 35.9 Å². The lowest BCUT2D eigenvalue weighted by atomic mass is 9.70. The third-order valence-electron chi connectivity index (χ3n) is 5.27. The molecule has 1 amide bonds. The molecule has 98 valence electrons. The van der Waals surface area contributed by atoms with Crippen LogP contribution in [0.1, 0.15) is 39.2 Å². The molecule has 3 rings (SSSR count). The van der Waals surface area contributed by atoms with Gasteiger partial charge in [0, 0.05) is 17.0 Å². The molecule has 0 aromatic heterocycles. The van der Waals surface area contributed by atoms with Gasteiger partial charge in [0.25, 0.3) is 0 Å². The minimum Gasteiger partial charge on any atom is -0.273 e. The van der Waals surface area contributed by atoms with Crippen LogP contribution in [0.2, 0.25) is 0 Å². The van der Waals surface area contributed by atoms with Gasteiger partial charge in [-0.05, 0) is 30.9 Å². The van der Waals surface area contributed by atoms with Crippen LogP contribution in [-0.2, 0) is 4.79 Å². The quantitative estimate of drug-likeness (QED) is 0.651. The fourth-order valence-corrected chi connectivity index (χ4v) is 3.49. The Hall–Kier alpha value is -1.75. The molecule has 19 heavy (non-hydrogen) atoms. The zero-order chi connectivity index (χ0) is 13.7. The van der Waals surface area contributed by atoms with Gasteiger partial charge in [-0.15, -0.1) is 0 Å². The van der Waals surface area contributed by atoms with Crippen LogP contribution in [0.5, 0.6) is 0 Å². The van der Waals surface area contributed by atoms with Gasteiger partial charge >= 0.3 is 0 Å². The number of fused-ring (bicyclic) bond motifs is 2. The van der Waals surface area contributed by atoms with Gasteiger partial charge in [0.2, 0.25) is 5.91 Å². The highest BCUT2D eigenvalue weighted by Crippen LogP contribution is 2.60. The summed E-state index contributed by atoms with van der Waals surface area (Å²) >= 11 is 0. The first kappa shape index (κ1) is 12.3. The fraction of sp³-hybridized carbons (Fsp3) is 0.471. The summed E-state index contributed by atoms with van der Waals surface area (Å²) in [5.74, 6) is 3.32. The van der Waals surface area contributed by atoms with Gasteiger partial charge in [-0.1, -0.05) is 39.0 Å². The largest absolute Gasteiger partial charge is 0.273 e. The van der Waals surface area contributed by atoms with Crippen molar-refractivity contribution >= 4 is 5.91 Å². The molecule has 2 nitrogen and oxygen atoms in total. The second kappa shape index (κ2) is 3.87. The molecule has 2 bridgehead atoms. The number of hydrogen-bond donors (Lipinski definition) is 0. The van der Waals surface area contributed by atoms with Crippen molar-refractivity contribution in [3.63, 3.8) is 0 Å². The Morgan fingerprint density at radius 2 is 1.89 bits per heavy atom. The smallest absolute Gasteiger partial charge is 0.240 e. The molecule has 2 atom stereocenters. The molecule has 1 aliphatic heterocycles. The molecule has 1 heterocycles. The summed E-state index contributed by atoms with van der Waals surface area (Å²) in [6.45, 7) is 6.50. The molecule has 1 aliphatic carbocycles. The van der Waals surface area contributed by atoms with Crippen LogP contribution >= 0.6 is 0 Å². The highest BCUT2D eigenvalue weighted by Gasteiger charge is 2.65. The van der Waals surface area contributed by atoms with Crippen LogP contribution in [0.4, 0.5) is 0 Å². The maximum absolute atomic E-state index is 12.5. The van der Waals surface area contributed by atoms with Crippen LogP contribution in [0.3, 0.4) is 0 Å². The Labute approximate surface area is 114 Å². The van der Waals surface area contributed by atoms with Gasteiger partial charge in [-0.2, -0.15) is 0 Å². The van der Waals surface area contributed by atoms with E-state index in [0.717, 1.165) is 18.4 Å². The molecule has 1 saturated carbocycles. The highest BCUT2D eigenvalue weighted by molar-refractivity contribution is 5.89. The molecule has 0 spiro atoms. The van der Waals surface area contributed by atoms with E-state index in [4.69, 9.17) is 0 Å². The minimum absolute atomic E-state index is 0.0233. The molecule has 2 fully saturated rings. The van der Waals surface area contributed by atoms with Crippen molar-refractivity contribution in [2.75, 3.05) is 0 Å². The van der Waals surface area contributed by atoms with E-state index in [0.29, 0.717) is 0 Å². The molecule has 2 heteroatoms. The summed E-state index contributed by atoms with van der Waals surface area (Å²) in [5.41, 5.74) is 0.749. The van der Waals surface area contributed by atoms with E-state index in [1.165, 1.54) is 0 Å². The number of rotatable bonds is 0. The van der Waals surface area contributed by atoms with Crippen LogP contribution in [0.15, 0.2) is 30.3 Å². The molecular weight excluding hydrogens is 234 g/mol. The predicted molar refractivity (Wildman–Crippen MR) is 75.1 cm³/mol. The molecule has 2 unspecified atom stereocenters. The highest BCUT2D eigenvalue weighted by atomic mass is 16.2. The Kier molecular flexibility index (Phi) is 2.50. The Morgan fingerprint density at radius 3 is 2.47 bits per heavy atom. The predicted octanol–water partition coefficient (Wildman–Crippen LogP) is 3.03. The van der Waals surface area contributed by atoms with E-state index < -0.39 is 0 Å². The van der Waals surface area contributed by atoms with Crippen molar-refractivity contribution in [1.29, 1.82) is 0 Å². The average molecular weight is 253 g/mol. The molecule has 2 aliphatic rings. The molecule has 0 N–H and O–H groups in total. The molecule has 1 saturated heterocycles. The fourth-order valence-electron chi connectivity index (χ4n) is 3.49. The maximum atomic E-state index is 12.5. The van der Waals surface area contributed by atoms with Gasteiger partial charge in [0.1, 0.15) is 0 Å². The van der Waals surface area contributed by atoms with E-state index >= 15 is 0 Å². The Balaban J connectivity index is 1.93. The summed E-state index contributed by atoms with van der Waals surface area (Å²) in [5, 5.41) is 0. The first-order valence-electron chi connectivity index (χ1n) is 6.87. The Morgan fingerprint density at radius 1 is 1.21 bits per heavy atom. The summed E-state index contributed by atoms with van der Waals surface area (Å²) < 4.78 is 0. The van der Waals surface area contributed by atoms with Crippen molar-refractivity contribution in [2.24, 2.45) is 10.8 Å². The van der Waals surface area contributed by atoms with E-state index in [2.05, 4.69) is 32.7 Å². The molecule has 1 aromatic rings. The van der Waals surface area contributed by atoms with Gasteiger partial charge < -0.3 is 0 Å². The van der Waals surface area contributed by atoms with Crippen LogP contribution < -0.4 is 0 Å². The standard InChI is InChI=1S/C17H19NO/c1-16(2)14-9-11-17(16,3)15(19)18(14)12-10-13-7-5-4-6-8-13/h4-8,14H,9,11H2,1-3H3. The first-order chi connectivity index (χ1) is 8.97. The lowest BCUT2D eigenvalue weighted by Crippen LogP contribution is -2.36.